The first kappa shape index (κ1) is 22.4. The predicted octanol–water partition coefficient (Wildman–Crippen LogP) is 2.43. The van der Waals surface area contributed by atoms with E-state index in [1.165, 1.54) is 19.3 Å². The maximum atomic E-state index is 13.1. The van der Waals surface area contributed by atoms with Crippen LogP contribution in [0.4, 0.5) is 0 Å². The van der Waals surface area contributed by atoms with E-state index >= 15 is 0 Å². The number of alkyl halides is 1. The highest BCUT2D eigenvalue weighted by Crippen LogP contribution is 2.37. The molecule has 1 aromatic carbocycles. The number of piperazine rings is 1. The Morgan fingerprint density at radius 1 is 1.06 bits per heavy atom. The van der Waals surface area contributed by atoms with Crippen molar-refractivity contribution in [2.45, 2.75) is 68.4 Å². The van der Waals surface area contributed by atoms with Gasteiger partial charge in [-0.15, -0.1) is 11.6 Å². The number of halogens is 1. The zero-order valence-corrected chi connectivity index (χ0v) is 19.0. The molecule has 2 atom stereocenters. The fourth-order valence-electron chi connectivity index (χ4n) is 5.33. The van der Waals surface area contributed by atoms with Crippen molar-refractivity contribution in [3.63, 3.8) is 0 Å². The maximum absolute atomic E-state index is 13.1. The zero-order valence-electron chi connectivity index (χ0n) is 18.2. The Balaban J connectivity index is 1.47. The summed E-state index contributed by atoms with van der Waals surface area (Å²) in [6.45, 7) is 2.21. The Morgan fingerprint density at radius 3 is 2.39 bits per heavy atom. The molecule has 31 heavy (non-hydrogen) atoms. The first-order valence-electron chi connectivity index (χ1n) is 11.4. The van der Waals surface area contributed by atoms with E-state index < -0.39 is 5.38 Å². The maximum Gasteiger partial charge on any atom is 0.253 e. The lowest BCUT2D eigenvalue weighted by Gasteiger charge is -2.53. The van der Waals surface area contributed by atoms with Crippen molar-refractivity contribution in [2.24, 2.45) is 0 Å². The number of hydrogen-bond donors (Lipinski definition) is 2. The van der Waals surface area contributed by atoms with Crippen molar-refractivity contribution in [1.29, 1.82) is 0 Å². The third-order valence-electron chi connectivity index (χ3n) is 7.05. The van der Waals surface area contributed by atoms with E-state index in [4.69, 9.17) is 16.3 Å². The van der Waals surface area contributed by atoms with E-state index in [2.05, 4.69) is 15.8 Å². The predicted molar refractivity (Wildman–Crippen MR) is 120 cm³/mol. The van der Waals surface area contributed by atoms with Gasteiger partial charge >= 0.3 is 0 Å². The van der Waals surface area contributed by atoms with Crippen LogP contribution >= 0.6 is 11.6 Å². The van der Waals surface area contributed by atoms with E-state index in [1.54, 1.807) is 7.11 Å². The average molecular weight is 449 g/mol. The number of rotatable bonds is 4. The second-order valence-electron chi connectivity index (χ2n) is 9.02. The van der Waals surface area contributed by atoms with Gasteiger partial charge in [-0.2, -0.15) is 0 Å². The minimum absolute atomic E-state index is 0.0814. The number of ether oxygens (including phenoxy) is 1. The molecule has 2 N–H and O–H groups in total. The number of carbonyl (C=O) groups is 2. The van der Waals surface area contributed by atoms with E-state index in [-0.39, 0.29) is 23.4 Å². The molecule has 4 rings (SSSR count). The van der Waals surface area contributed by atoms with E-state index in [0.29, 0.717) is 26.2 Å². The van der Waals surface area contributed by atoms with E-state index in [0.717, 1.165) is 37.0 Å². The molecule has 2 aliphatic heterocycles. The van der Waals surface area contributed by atoms with Crippen molar-refractivity contribution >= 4 is 23.4 Å². The minimum atomic E-state index is -0.665. The van der Waals surface area contributed by atoms with Crippen molar-refractivity contribution < 1.29 is 14.3 Å². The van der Waals surface area contributed by atoms with Crippen LogP contribution in [0.2, 0.25) is 0 Å². The van der Waals surface area contributed by atoms with Gasteiger partial charge in [-0.05, 0) is 30.5 Å². The quantitative estimate of drug-likeness (QED) is 0.692. The van der Waals surface area contributed by atoms with Crippen molar-refractivity contribution in [2.75, 3.05) is 26.7 Å². The second kappa shape index (κ2) is 9.76. The number of hydrogen-bond acceptors (Lipinski definition) is 5. The Labute approximate surface area is 189 Å². The van der Waals surface area contributed by atoms with Gasteiger partial charge in [-0.25, -0.2) is 5.43 Å². The van der Waals surface area contributed by atoms with Crippen molar-refractivity contribution in [1.82, 2.24) is 20.7 Å². The molecule has 0 bridgehead atoms. The van der Waals surface area contributed by atoms with Gasteiger partial charge in [0.15, 0.2) is 0 Å². The molecule has 2 saturated heterocycles. The summed E-state index contributed by atoms with van der Waals surface area (Å²) in [4.78, 5) is 29.5. The first-order chi connectivity index (χ1) is 15.0. The second-order valence-corrected chi connectivity index (χ2v) is 9.49. The monoisotopic (exact) mass is 448 g/mol. The number of hydrazine groups is 1. The number of amides is 2. The lowest BCUT2D eigenvalue weighted by molar-refractivity contribution is -0.142. The van der Waals surface area contributed by atoms with Gasteiger partial charge in [-0.3, -0.25) is 19.9 Å². The van der Waals surface area contributed by atoms with E-state index in [9.17, 15) is 9.59 Å². The number of carbonyl (C=O) groups excluding carboxylic acids is 2. The summed E-state index contributed by atoms with van der Waals surface area (Å²) in [5.74, 6) is 0.686. The molecule has 3 fully saturated rings. The Hall–Kier alpha value is -1.83. The highest BCUT2D eigenvalue weighted by atomic mass is 35.5. The molecule has 0 radical (unpaired) electrons. The third-order valence-corrected chi connectivity index (χ3v) is 7.49. The number of nitrogens with zero attached hydrogens (tertiary/aromatic N) is 2. The van der Waals surface area contributed by atoms with Gasteiger partial charge in [0, 0.05) is 19.6 Å². The molecule has 8 heteroatoms. The number of benzene rings is 1. The van der Waals surface area contributed by atoms with Gasteiger partial charge < -0.3 is 9.64 Å². The summed E-state index contributed by atoms with van der Waals surface area (Å²) in [7, 11) is 1.64. The summed E-state index contributed by atoms with van der Waals surface area (Å²) in [5, 5.41) is -0.665. The fourth-order valence-corrected chi connectivity index (χ4v) is 5.78. The molecule has 1 aliphatic carbocycles. The normalized spacial score (nSPS) is 27.5. The average Bonchev–Trinajstić information content (AvgIpc) is 2.76. The molecule has 1 spiro atoms. The smallest absolute Gasteiger partial charge is 0.253 e. The fraction of sp³-hybridized carbons (Fsp3) is 0.652. The molecule has 2 heterocycles. The molecular weight excluding hydrogens is 416 g/mol. The molecule has 2 amide bonds. The highest BCUT2D eigenvalue weighted by Gasteiger charge is 2.51. The Kier molecular flexibility index (Phi) is 7.04. The molecule has 0 aromatic heterocycles. The Morgan fingerprint density at radius 2 is 1.74 bits per heavy atom. The molecule has 1 saturated carbocycles. The van der Waals surface area contributed by atoms with Crippen LogP contribution in [0.3, 0.4) is 0 Å². The summed E-state index contributed by atoms with van der Waals surface area (Å²) in [5.41, 5.74) is 6.96. The first-order valence-corrected chi connectivity index (χ1v) is 11.8. The zero-order chi connectivity index (χ0) is 21.8. The van der Waals surface area contributed by atoms with Gasteiger partial charge in [0.1, 0.15) is 11.1 Å². The molecule has 3 aliphatic rings. The van der Waals surface area contributed by atoms with Crippen LogP contribution in [-0.2, 0) is 16.1 Å². The van der Waals surface area contributed by atoms with Gasteiger partial charge in [0.25, 0.3) is 5.91 Å². The standard InChI is InChI=1S/C23H33ClN4O3/c1-31-18-9-7-17(8-10-18)15-27-13-14-28(16-19(27)29)21-20(24)22(30)25-26-23(21)11-5-3-2-4-6-12-23/h7-10,20-21,26H,2-6,11-16H2,1H3,(H,25,30). The highest BCUT2D eigenvalue weighted by molar-refractivity contribution is 6.31. The van der Waals surface area contributed by atoms with Crippen LogP contribution in [0.5, 0.6) is 5.75 Å². The van der Waals surface area contributed by atoms with Crippen LogP contribution in [0.1, 0.15) is 50.5 Å². The summed E-state index contributed by atoms with van der Waals surface area (Å²) in [6, 6.07) is 7.63. The topological polar surface area (TPSA) is 73.9 Å². The molecule has 7 nitrogen and oxygen atoms in total. The largest absolute Gasteiger partial charge is 0.497 e. The van der Waals surface area contributed by atoms with Crippen LogP contribution in [0.25, 0.3) is 0 Å². The lowest BCUT2D eigenvalue weighted by Crippen LogP contribution is -2.76. The van der Waals surface area contributed by atoms with Crippen LogP contribution < -0.4 is 15.6 Å². The van der Waals surface area contributed by atoms with Crippen LogP contribution in [0.15, 0.2) is 24.3 Å². The van der Waals surface area contributed by atoms with Gasteiger partial charge in [-0.1, -0.05) is 44.2 Å². The molecule has 170 valence electrons. The lowest BCUT2D eigenvalue weighted by atomic mass is 9.75. The third kappa shape index (κ3) is 4.83. The van der Waals surface area contributed by atoms with E-state index in [1.807, 2.05) is 29.2 Å². The summed E-state index contributed by atoms with van der Waals surface area (Å²) < 4.78 is 5.21. The van der Waals surface area contributed by atoms with Crippen molar-refractivity contribution in [3.8, 4) is 5.75 Å². The minimum Gasteiger partial charge on any atom is -0.497 e. The van der Waals surface area contributed by atoms with Crippen LogP contribution in [-0.4, -0.2) is 65.3 Å². The molecule has 2 unspecified atom stereocenters. The van der Waals surface area contributed by atoms with Crippen molar-refractivity contribution in [3.05, 3.63) is 29.8 Å². The molecular formula is C23H33ClN4O3. The SMILES string of the molecule is COc1ccc(CN2CCN(C3C(Cl)C(=O)NNC34CCCCCCC4)CC2=O)cc1. The Bertz CT molecular complexity index is 780. The van der Waals surface area contributed by atoms with Crippen LogP contribution in [0, 0.1) is 0 Å². The summed E-state index contributed by atoms with van der Waals surface area (Å²) in [6.07, 6.45) is 7.79. The summed E-state index contributed by atoms with van der Waals surface area (Å²) >= 11 is 6.70. The van der Waals surface area contributed by atoms with Gasteiger partial charge in [0.05, 0.1) is 25.2 Å². The number of methoxy groups -OCH3 is 1. The number of nitrogens with one attached hydrogen (secondary N) is 2. The van der Waals surface area contributed by atoms with Gasteiger partial charge in [0.2, 0.25) is 5.91 Å². The molecule has 1 aromatic rings.